The highest BCUT2D eigenvalue weighted by molar-refractivity contribution is 5.76. The molecule has 2 fully saturated rings. The zero-order valence-corrected chi connectivity index (χ0v) is 12.7. The zero-order valence-electron chi connectivity index (χ0n) is 12.7. The van der Waals surface area contributed by atoms with Crippen molar-refractivity contribution in [1.82, 2.24) is 10.6 Å². The van der Waals surface area contributed by atoms with Crippen LogP contribution in [-0.4, -0.2) is 35.7 Å². The number of hydrogen-bond donors (Lipinski definition) is 2. The maximum atomic E-state index is 11.6. The summed E-state index contributed by atoms with van der Waals surface area (Å²) in [5, 5.41) is 6.57. The average Bonchev–Trinajstić information content (AvgIpc) is 3.00. The minimum atomic E-state index is -0.125. The standard InChI is InChI=1S/C15H28N2O2/c1-14(2)10-12(15(3,4)19-14)16-9-5-6-13(18)17-11-7-8-11/h11-12,16H,5-10H2,1-4H3,(H,17,18). The molecule has 1 saturated carbocycles. The van der Waals surface area contributed by atoms with E-state index in [4.69, 9.17) is 4.74 Å². The molecule has 0 bridgehead atoms. The Hall–Kier alpha value is -0.610. The van der Waals surface area contributed by atoms with Crippen LogP contribution in [0.2, 0.25) is 0 Å². The van der Waals surface area contributed by atoms with Crippen molar-refractivity contribution in [2.45, 2.75) is 83.1 Å². The second-order valence-electron chi connectivity index (χ2n) is 7.12. The van der Waals surface area contributed by atoms with Crippen LogP contribution in [0.5, 0.6) is 0 Å². The van der Waals surface area contributed by atoms with E-state index in [-0.39, 0.29) is 17.1 Å². The van der Waals surface area contributed by atoms with Crippen LogP contribution < -0.4 is 10.6 Å². The van der Waals surface area contributed by atoms with E-state index in [0.29, 0.717) is 18.5 Å². The van der Waals surface area contributed by atoms with Gasteiger partial charge in [0.2, 0.25) is 5.91 Å². The minimum Gasteiger partial charge on any atom is -0.368 e. The molecule has 0 aromatic rings. The van der Waals surface area contributed by atoms with Gasteiger partial charge in [-0.25, -0.2) is 0 Å². The van der Waals surface area contributed by atoms with E-state index in [9.17, 15) is 4.79 Å². The molecule has 1 atom stereocenters. The fraction of sp³-hybridized carbons (Fsp3) is 0.933. The quantitative estimate of drug-likeness (QED) is 0.724. The molecule has 0 radical (unpaired) electrons. The highest BCUT2D eigenvalue weighted by Crippen LogP contribution is 2.37. The number of carbonyl (C=O) groups is 1. The van der Waals surface area contributed by atoms with Crippen LogP contribution in [0.3, 0.4) is 0 Å². The first-order chi connectivity index (χ1) is 8.78. The van der Waals surface area contributed by atoms with Crippen molar-refractivity contribution >= 4 is 5.91 Å². The molecule has 1 unspecified atom stereocenters. The van der Waals surface area contributed by atoms with Crippen molar-refractivity contribution in [3.8, 4) is 0 Å². The topological polar surface area (TPSA) is 50.4 Å². The molecule has 1 aliphatic heterocycles. The molecular weight excluding hydrogens is 240 g/mol. The number of carbonyl (C=O) groups excluding carboxylic acids is 1. The van der Waals surface area contributed by atoms with Crippen LogP contribution in [-0.2, 0) is 9.53 Å². The molecule has 4 heteroatoms. The average molecular weight is 268 g/mol. The number of rotatable bonds is 6. The number of amides is 1. The second kappa shape index (κ2) is 5.41. The first-order valence-corrected chi connectivity index (χ1v) is 7.51. The van der Waals surface area contributed by atoms with Crippen LogP contribution in [0, 0.1) is 0 Å². The van der Waals surface area contributed by atoms with Crippen molar-refractivity contribution < 1.29 is 9.53 Å². The molecule has 1 amide bonds. The van der Waals surface area contributed by atoms with Gasteiger partial charge in [0.1, 0.15) is 0 Å². The summed E-state index contributed by atoms with van der Waals surface area (Å²) in [6.07, 6.45) is 4.86. The molecule has 19 heavy (non-hydrogen) atoms. The smallest absolute Gasteiger partial charge is 0.220 e. The predicted molar refractivity (Wildman–Crippen MR) is 76.0 cm³/mol. The molecule has 110 valence electrons. The summed E-state index contributed by atoms with van der Waals surface area (Å²) in [5.41, 5.74) is -0.176. The highest BCUT2D eigenvalue weighted by atomic mass is 16.5. The molecule has 4 nitrogen and oxygen atoms in total. The van der Waals surface area contributed by atoms with E-state index in [1.54, 1.807) is 0 Å². The van der Waals surface area contributed by atoms with Crippen molar-refractivity contribution in [2.75, 3.05) is 6.54 Å². The van der Waals surface area contributed by atoms with Crippen LogP contribution >= 0.6 is 0 Å². The summed E-state index contributed by atoms with van der Waals surface area (Å²) >= 11 is 0. The Balaban J connectivity index is 1.63. The Bertz CT molecular complexity index is 335. The second-order valence-corrected chi connectivity index (χ2v) is 7.12. The highest BCUT2D eigenvalue weighted by Gasteiger charge is 2.45. The van der Waals surface area contributed by atoms with Gasteiger partial charge in [-0.05, 0) is 59.9 Å². The number of hydrogen-bond acceptors (Lipinski definition) is 3. The lowest BCUT2D eigenvalue weighted by molar-refractivity contribution is -0.121. The lowest BCUT2D eigenvalue weighted by Gasteiger charge is -2.27. The van der Waals surface area contributed by atoms with E-state index < -0.39 is 0 Å². The molecule has 1 saturated heterocycles. The lowest BCUT2D eigenvalue weighted by Crippen LogP contribution is -2.43. The van der Waals surface area contributed by atoms with Gasteiger partial charge in [-0.2, -0.15) is 0 Å². The van der Waals surface area contributed by atoms with Crippen LogP contribution in [0.1, 0.15) is 59.8 Å². The summed E-state index contributed by atoms with van der Waals surface area (Å²) in [7, 11) is 0. The summed E-state index contributed by atoms with van der Waals surface area (Å²) in [4.78, 5) is 11.6. The Morgan fingerprint density at radius 3 is 2.47 bits per heavy atom. The zero-order chi connectivity index (χ0) is 14.1. The maximum absolute atomic E-state index is 11.6. The van der Waals surface area contributed by atoms with E-state index in [2.05, 4.69) is 38.3 Å². The van der Waals surface area contributed by atoms with E-state index in [0.717, 1.165) is 32.2 Å². The van der Waals surface area contributed by atoms with Gasteiger partial charge in [-0.15, -0.1) is 0 Å². The Morgan fingerprint density at radius 2 is 1.95 bits per heavy atom. The first kappa shape index (κ1) is 14.8. The van der Waals surface area contributed by atoms with Crippen LogP contribution in [0.25, 0.3) is 0 Å². The van der Waals surface area contributed by atoms with Crippen molar-refractivity contribution in [3.63, 3.8) is 0 Å². The fourth-order valence-corrected chi connectivity index (χ4v) is 2.93. The largest absolute Gasteiger partial charge is 0.368 e. The van der Waals surface area contributed by atoms with Crippen molar-refractivity contribution in [3.05, 3.63) is 0 Å². The molecule has 0 aromatic heterocycles. The van der Waals surface area contributed by atoms with Crippen LogP contribution in [0.15, 0.2) is 0 Å². The molecule has 0 spiro atoms. The SMILES string of the molecule is CC1(C)CC(NCCCC(=O)NC2CC2)C(C)(C)O1. The fourth-order valence-electron chi connectivity index (χ4n) is 2.93. The van der Waals surface area contributed by atoms with E-state index in [1.807, 2.05) is 0 Å². The van der Waals surface area contributed by atoms with Gasteiger partial charge < -0.3 is 15.4 Å². The van der Waals surface area contributed by atoms with Crippen molar-refractivity contribution in [1.29, 1.82) is 0 Å². The van der Waals surface area contributed by atoms with Gasteiger partial charge in [0.15, 0.2) is 0 Å². The third kappa shape index (κ3) is 4.46. The van der Waals surface area contributed by atoms with Gasteiger partial charge in [0.05, 0.1) is 11.2 Å². The molecule has 2 rings (SSSR count). The van der Waals surface area contributed by atoms with Gasteiger partial charge in [0, 0.05) is 18.5 Å². The number of nitrogens with one attached hydrogen (secondary N) is 2. The third-order valence-electron chi connectivity index (χ3n) is 3.99. The Labute approximate surface area is 116 Å². The Morgan fingerprint density at radius 1 is 1.26 bits per heavy atom. The minimum absolute atomic E-state index is 0.0511. The van der Waals surface area contributed by atoms with Gasteiger partial charge in [0.25, 0.3) is 0 Å². The molecule has 0 aromatic carbocycles. The van der Waals surface area contributed by atoms with Gasteiger partial charge in [-0.1, -0.05) is 0 Å². The van der Waals surface area contributed by atoms with Crippen LogP contribution in [0.4, 0.5) is 0 Å². The first-order valence-electron chi connectivity index (χ1n) is 7.51. The Kier molecular flexibility index (Phi) is 4.21. The molecule has 2 N–H and O–H groups in total. The summed E-state index contributed by atoms with van der Waals surface area (Å²) in [6.45, 7) is 9.43. The normalized spacial score (nSPS) is 28.3. The monoisotopic (exact) mass is 268 g/mol. The van der Waals surface area contributed by atoms with Gasteiger partial charge >= 0.3 is 0 Å². The number of ether oxygens (including phenoxy) is 1. The molecule has 2 aliphatic rings. The predicted octanol–water partition coefficient (Wildman–Crippen LogP) is 1.98. The molecule has 1 aliphatic carbocycles. The molecule has 1 heterocycles. The summed E-state index contributed by atoms with van der Waals surface area (Å²) < 4.78 is 6.05. The third-order valence-corrected chi connectivity index (χ3v) is 3.99. The lowest BCUT2D eigenvalue weighted by atomic mass is 9.94. The summed E-state index contributed by atoms with van der Waals surface area (Å²) in [6, 6.07) is 0.845. The van der Waals surface area contributed by atoms with E-state index >= 15 is 0 Å². The maximum Gasteiger partial charge on any atom is 0.220 e. The van der Waals surface area contributed by atoms with Crippen molar-refractivity contribution in [2.24, 2.45) is 0 Å². The summed E-state index contributed by atoms with van der Waals surface area (Å²) in [5.74, 6) is 0.201. The molecular formula is C15H28N2O2. The van der Waals surface area contributed by atoms with Gasteiger partial charge in [-0.3, -0.25) is 4.79 Å². The van der Waals surface area contributed by atoms with E-state index in [1.165, 1.54) is 0 Å².